The zero-order valence-electron chi connectivity index (χ0n) is 15.5. The van der Waals surface area contributed by atoms with E-state index in [1.54, 1.807) is 30.4 Å². The van der Waals surface area contributed by atoms with Crippen LogP contribution in [0.3, 0.4) is 0 Å². The van der Waals surface area contributed by atoms with Crippen LogP contribution in [0.1, 0.15) is 28.2 Å². The third-order valence-electron chi connectivity index (χ3n) is 4.43. The standard InChI is InChI=1S/C21H19N5OS/c1-14(28-21-25-23-13-26(21)2)15-8-5-9-18(10-15)24-20(27)19-11-16-6-3-4-7-17(16)12-22-19/h3-14H,1-2H3,(H,24,27). The maximum absolute atomic E-state index is 12.6. The number of aromatic nitrogens is 4. The highest BCUT2D eigenvalue weighted by Gasteiger charge is 2.13. The van der Waals surface area contributed by atoms with Gasteiger partial charge in [-0.25, -0.2) is 0 Å². The number of hydrogen-bond donors (Lipinski definition) is 1. The second kappa shape index (κ2) is 7.82. The van der Waals surface area contributed by atoms with Gasteiger partial charge in [0.05, 0.1) is 0 Å². The molecule has 0 bridgehead atoms. The van der Waals surface area contributed by atoms with Crippen molar-refractivity contribution in [2.24, 2.45) is 7.05 Å². The van der Waals surface area contributed by atoms with Gasteiger partial charge in [-0.3, -0.25) is 9.78 Å². The molecule has 1 unspecified atom stereocenters. The first-order valence-electron chi connectivity index (χ1n) is 8.87. The number of pyridine rings is 1. The number of nitrogens with one attached hydrogen (secondary N) is 1. The van der Waals surface area contributed by atoms with Crippen LogP contribution in [0.4, 0.5) is 5.69 Å². The quantitative estimate of drug-likeness (QED) is 0.510. The average molecular weight is 389 g/mol. The van der Waals surface area contributed by atoms with Gasteiger partial charge in [-0.15, -0.1) is 10.2 Å². The van der Waals surface area contributed by atoms with Gasteiger partial charge in [0, 0.05) is 29.6 Å². The molecule has 28 heavy (non-hydrogen) atoms. The highest BCUT2D eigenvalue weighted by atomic mass is 32.2. The van der Waals surface area contributed by atoms with Gasteiger partial charge in [0.2, 0.25) is 0 Å². The summed E-state index contributed by atoms with van der Waals surface area (Å²) >= 11 is 1.62. The van der Waals surface area contributed by atoms with Crippen LogP contribution in [0.2, 0.25) is 0 Å². The Bertz CT molecular complexity index is 1140. The number of hydrogen-bond acceptors (Lipinski definition) is 5. The minimum Gasteiger partial charge on any atom is -0.321 e. The summed E-state index contributed by atoms with van der Waals surface area (Å²) in [6.07, 6.45) is 3.41. The Labute approximate surface area is 167 Å². The van der Waals surface area contributed by atoms with Crippen LogP contribution in [0.15, 0.2) is 72.3 Å². The van der Waals surface area contributed by atoms with Gasteiger partial charge in [-0.2, -0.15) is 0 Å². The zero-order valence-corrected chi connectivity index (χ0v) is 16.4. The summed E-state index contributed by atoms with van der Waals surface area (Å²) in [4.78, 5) is 16.9. The molecule has 0 spiro atoms. The van der Waals surface area contributed by atoms with Crippen LogP contribution in [0.25, 0.3) is 10.8 Å². The number of carbonyl (C=O) groups is 1. The van der Waals surface area contributed by atoms with Crippen LogP contribution in [-0.2, 0) is 7.05 Å². The second-order valence-electron chi connectivity index (χ2n) is 6.48. The minimum atomic E-state index is -0.225. The molecule has 1 amide bonds. The number of fused-ring (bicyclic) bond motifs is 1. The predicted molar refractivity (Wildman–Crippen MR) is 111 cm³/mol. The van der Waals surface area contributed by atoms with E-state index >= 15 is 0 Å². The lowest BCUT2D eigenvalue weighted by Crippen LogP contribution is -2.13. The van der Waals surface area contributed by atoms with Gasteiger partial charge in [0.25, 0.3) is 5.91 Å². The molecule has 0 radical (unpaired) electrons. The Hall–Kier alpha value is -3.19. The van der Waals surface area contributed by atoms with Crippen molar-refractivity contribution in [1.29, 1.82) is 0 Å². The van der Waals surface area contributed by atoms with Crippen molar-refractivity contribution in [2.75, 3.05) is 5.32 Å². The van der Waals surface area contributed by atoms with Crippen molar-refractivity contribution in [2.45, 2.75) is 17.3 Å². The van der Waals surface area contributed by atoms with E-state index in [1.165, 1.54) is 0 Å². The Morgan fingerprint density at radius 1 is 1.11 bits per heavy atom. The van der Waals surface area contributed by atoms with Gasteiger partial charge < -0.3 is 9.88 Å². The number of rotatable bonds is 5. The minimum absolute atomic E-state index is 0.165. The van der Waals surface area contributed by atoms with Gasteiger partial charge in [-0.05, 0) is 36.1 Å². The van der Waals surface area contributed by atoms with E-state index in [9.17, 15) is 4.79 Å². The molecule has 0 fully saturated rings. The number of aryl methyl sites for hydroxylation is 1. The zero-order chi connectivity index (χ0) is 19.5. The van der Waals surface area contributed by atoms with Crippen molar-refractivity contribution in [3.8, 4) is 0 Å². The summed E-state index contributed by atoms with van der Waals surface area (Å²) in [5.74, 6) is -0.225. The van der Waals surface area contributed by atoms with Crippen LogP contribution >= 0.6 is 11.8 Å². The van der Waals surface area contributed by atoms with Gasteiger partial charge in [-0.1, -0.05) is 48.2 Å². The number of amides is 1. The molecule has 7 heteroatoms. The van der Waals surface area contributed by atoms with Crippen LogP contribution in [0, 0.1) is 0 Å². The molecule has 0 saturated heterocycles. The molecule has 0 aliphatic rings. The molecule has 0 aliphatic heterocycles. The Morgan fingerprint density at radius 2 is 1.93 bits per heavy atom. The highest BCUT2D eigenvalue weighted by molar-refractivity contribution is 7.99. The van der Waals surface area contributed by atoms with Gasteiger partial charge in [0.15, 0.2) is 5.16 Å². The molecule has 2 aromatic heterocycles. The number of benzene rings is 2. The van der Waals surface area contributed by atoms with E-state index in [4.69, 9.17) is 0 Å². The first kappa shape index (κ1) is 18.2. The molecular formula is C21H19N5OS. The topological polar surface area (TPSA) is 72.7 Å². The van der Waals surface area contributed by atoms with Crippen molar-refractivity contribution in [3.63, 3.8) is 0 Å². The molecular weight excluding hydrogens is 370 g/mol. The lowest BCUT2D eigenvalue weighted by molar-refractivity contribution is 0.102. The van der Waals surface area contributed by atoms with Crippen molar-refractivity contribution in [1.82, 2.24) is 19.7 Å². The maximum Gasteiger partial charge on any atom is 0.274 e. The SMILES string of the molecule is CC(Sc1nncn1C)c1cccc(NC(=O)c2cc3ccccc3cn2)c1. The van der Waals surface area contributed by atoms with Crippen LogP contribution < -0.4 is 5.32 Å². The monoisotopic (exact) mass is 389 g/mol. The van der Waals surface area contributed by atoms with E-state index in [0.29, 0.717) is 5.69 Å². The van der Waals surface area contributed by atoms with E-state index in [-0.39, 0.29) is 11.2 Å². The molecule has 1 N–H and O–H groups in total. The molecule has 4 aromatic rings. The number of thioether (sulfide) groups is 1. The molecule has 6 nitrogen and oxygen atoms in total. The fourth-order valence-electron chi connectivity index (χ4n) is 2.88. The summed E-state index contributed by atoms with van der Waals surface area (Å²) in [7, 11) is 1.92. The summed E-state index contributed by atoms with van der Waals surface area (Å²) in [6, 6.07) is 17.5. The van der Waals surface area contributed by atoms with Crippen molar-refractivity contribution in [3.05, 3.63) is 78.4 Å². The number of carbonyl (C=O) groups excluding carboxylic acids is 1. The molecule has 4 rings (SSSR count). The molecule has 2 aromatic carbocycles. The fraction of sp³-hybridized carbons (Fsp3) is 0.143. The molecule has 0 saturated carbocycles. The van der Waals surface area contributed by atoms with Gasteiger partial charge >= 0.3 is 0 Å². The largest absolute Gasteiger partial charge is 0.321 e. The Kier molecular flexibility index (Phi) is 5.08. The van der Waals surface area contributed by atoms with E-state index in [1.807, 2.05) is 60.1 Å². The van der Waals surface area contributed by atoms with Gasteiger partial charge in [0.1, 0.15) is 12.0 Å². The third-order valence-corrected chi connectivity index (χ3v) is 5.64. The van der Waals surface area contributed by atoms with Crippen molar-refractivity contribution >= 4 is 34.1 Å². The number of nitrogens with zero attached hydrogens (tertiary/aromatic N) is 4. The first-order chi connectivity index (χ1) is 13.6. The first-order valence-corrected chi connectivity index (χ1v) is 9.75. The summed E-state index contributed by atoms with van der Waals surface area (Å²) in [5.41, 5.74) is 2.23. The smallest absolute Gasteiger partial charge is 0.274 e. The van der Waals surface area contributed by atoms with Crippen LogP contribution in [-0.4, -0.2) is 25.7 Å². The molecule has 0 aliphatic carbocycles. The lowest BCUT2D eigenvalue weighted by Gasteiger charge is -2.13. The second-order valence-corrected chi connectivity index (χ2v) is 7.79. The highest BCUT2D eigenvalue weighted by Crippen LogP contribution is 2.34. The van der Waals surface area contributed by atoms with E-state index < -0.39 is 0 Å². The fourth-order valence-corrected chi connectivity index (χ4v) is 3.78. The third kappa shape index (κ3) is 3.89. The average Bonchev–Trinajstić information content (AvgIpc) is 3.12. The molecule has 140 valence electrons. The molecule has 2 heterocycles. The number of anilines is 1. The molecule has 1 atom stereocenters. The van der Waals surface area contributed by atoms with Crippen LogP contribution in [0.5, 0.6) is 0 Å². The van der Waals surface area contributed by atoms with E-state index in [0.717, 1.165) is 27.2 Å². The summed E-state index contributed by atoms with van der Waals surface area (Å²) in [6.45, 7) is 2.10. The summed E-state index contributed by atoms with van der Waals surface area (Å²) in [5, 5.41) is 14.0. The normalized spacial score (nSPS) is 12.1. The van der Waals surface area contributed by atoms with E-state index in [2.05, 4.69) is 27.4 Å². The summed E-state index contributed by atoms with van der Waals surface area (Å²) < 4.78 is 1.89. The maximum atomic E-state index is 12.6. The predicted octanol–water partition coefficient (Wildman–Crippen LogP) is 4.47. The van der Waals surface area contributed by atoms with Crippen molar-refractivity contribution < 1.29 is 4.79 Å². The lowest BCUT2D eigenvalue weighted by atomic mass is 10.1. The Balaban J connectivity index is 1.50. The Morgan fingerprint density at radius 3 is 2.71 bits per heavy atom.